The van der Waals surface area contributed by atoms with Gasteiger partial charge in [-0.1, -0.05) is 17.7 Å². The molecule has 0 fully saturated rings. The number of hydrogen-bond acceptors (Lipinski definition) is 5. The molecular weight excluding hydrogens is 268 g/mol. The summed E-state index contributed by atoms with van der Waals surface area (Å²) in [6.45, 7) is 3.30. The molecule has 100 valence electrons. The van der Waals surface area contributed by atoms with E-state index in [1.54, 1.807) is 12.1 Å². The van der Waals surface area contributed by atoms with E-state index in [9.17, 15) is 13.2 Å². The topological polar surface area (TPSA) is 73.6 Å². The third-order valence-corrected chi connectivity index (χ3v) is 3.75. The quantitative estimate of drug-likeness (QED) is 0.804. The van der Waals surface area contributed by atoms with Crippen LogP contribution in [0, 0.1) is 13.8 Å². The van der Waals surface area contributed by atoms with Crippen molar-refractivity contribution >= 4 is 10.1 Å². The Morgan fingerprint density at radius 1 is 1.05 bits per heavy atom. The van der Waals surface area contributed by atoms with Crippen LogP contribution in [0.25, 0.3) is 0 Å². The van der Waals surface area contributed by atoms with Crippen LogP contribution in [0.15, 0.2) is 50.7 Å². The number of hydrogen-bond donors (Lipinski definition) is 0. The van der Waals surface area contributed by atoms with Crippen molar-refractivity contribution < 1.29 is 17.0 Å². The Morgan fingerprint density at radius 2 is 1.68 bits per heavy atom. The Morgan fingerprint density at radius 3 is 2.26 bits per heavy atom. The lowest BCUT2D eigenvalue weighted by atomic mass is 10.2. The van der Waals surface area contributed by atoms with Gasteiger partial charge in [-0.25, -0.2) is 0 Å². The van der Waals surface area contributed by atoms with E-state index in [4.69, 9.17) is 8.60 Å². The molecule has 0 saturated carbocycles. The predicted octanol–water partition coefficient (Wildman–Crippen LogP) is 2.02. The van der Waals surface area contributed by atoms with Crippen LogP contribution >= 0.6 is 0 Å². The zero-order chi connectivity index (χ0) is 14.0. The first kappa shape index (κ1) is 13.4. The van der Waals surface area contributed by atoms with E-state index < -0.39 is 15.5 Å². The maximum atomic E-state index is 12.0. The van der Waals surface area contributed by atoms with Crippen molar-refractivity contribution in [3.63, 3.8) is 0 Å². The van der Waals surface area contributed by atoms with Gasteiger partial charge < -0.3 is 8.60 Å². The molecule has 0 unspecified atom stereocenters. The molecule has 19 heavy (non-hydrogen) atoms. The summed E-state index contributed by atoms with van der Waals surface area (Å²) in [5.41, 5.74) is 0.383. The van der Waals surface area contributed by atoms with Crippen molar-refractivity contribution in [1.82, 2.24) is 0 Å². The van der Waals surface area contributed by atoms with Crippen molar-refractivity contribution in [3.8, 4) is 5.75 Å². The van der Waals surface area contributed by atoms with Gasteiger partial charge >= 0.3 is 10.1 Å². The van der Waals surface area contributed by atoms with Crippen molar-refractivity contribution in [2.45, 2.75) is 18.7 Å². The minimum Gasteiger partial charge on any atom is -0.465 e. The minimum absolute atomic E-state index is 0.0132. The molecule has 0 aliphatic rings. The molecule has 2 rings (SSSR count). The van der Waals surface area contributed by atoms with Gasteiger partial charge in [-0.05, 0) is 26.0 Å². The molecule has 0 amide bonds. The highest BCUT2D eigenvalue weighted by molar-refractivity contribution is 7.87. The first-order valence-electron chi connectivity index (χ1n) is 5.50. The Labute approximate surface area is 110 Å². The van der Waals surface area contributed by atoms with Gasteiger partial charge in [0.05, 0.1) is 6.26 Å². The second-order valence-electron chi connectivity index (χ2n) is 4.02. The molecular formula is C13H12O5S. The molecule has 1 aromatic heterocycles. The lowest BCUT2D eigenvalue weighted by Gasteiger charge is -2.07. The standard InChI is InChI=1S/C13H12O5S/c1-9-3-5-11(6-4-9)19(15,16)18-13-10(2)17-8-7-12(13)14/h3-8H,1-2H3. The van der Waals surface area contributed by atoms with Gasteiger partial charge in [-0.2, -0.15) is 8.42 Å². The molecule has 0 aliphatic carbocycles. The molecule has 1 aromatic carbocycles. The van der Waals surface area contributed by atoms with E-state index in [1.165, 1.54) is 25.3 Å². The fraction of sp³-hybridized carbons (Fsp3) is 0.154. The highest BCUT2D eigenvalue weighted by Crippen LogP contribution is 2.18. The van der Waals surface area contributed by atoms with Crippen LogP contribution in [0.1, 0.15) is 11.3 Å². The lowest BCUT2D eigenvalue weighted by Crippen LogP contribution is -2.16. The zero-order valence-corrected chi connectivity index (χ0v) is 11.2. The summed E-state index contributed by atoms with van der Waals surface area (Å²) in [5.74, 6) is -0.203. The van der Waals surface area contributed by atoms with Crippen LogP contribution in [0.5, 0.6) is 5.75 Å². The number of rotatable bonds is 3. The molecule has 0 spiro atoms. The van der Waals surface area contributed by atoms with Gasteiger partial charge in [0.2, 0.25) is 11.2 Å². The SMILES string of the molecule is Cc1ccc(S(=O)(=O)Oc2c(C)occc2=O)cc1. The van der Waals surface area contributed by atoms with Gasteiger partial charge in [-0.3, -0.25) is 4.79 Å². The summed E-state index contributed by atoms with van der Waals surface area (Å²) < 4.78 is 33.8. The Bertz CT molecular complexity index is 741. The molecule has 0 atom stereocenters. The highest BCUT2D eigenvalue weighted by Gasteiger charge is 2.20. The summed E-state index contributed by atoms with van der Waals surface area (Å²) >= 11 is 0. The van der Waals surface area contributed by atoms with Crippen molar-refractivity contribution in [2.75, 3.05) is 0 Å². The van der Waals surface area contributed by atoms with Gasteiger partial charge in [0.25, 0.3) is 0 Å². The summed E-state index contributed by atoms with van der Waals surface area (Å²) in [5, 5.41) is 0. The van der Waals surface area contributed by atoms with Crippen LogP contribution in [-0.4, -0.2) is 8.42 Å². The lowest BCUT2D eigenvalue weighted by molar-refractivity contribution is 0.441. The molecule has 0 bridgehead atoms. The fourth-order valence-corrected chi connectivity index (χ4v) is 2.45. The van der Waals surface area contributed by atoms with Crippen molar-refractivity contribution in [1.29, 1.82) is 0 Å². The average Bonchev–Trinajstić information content (AvgIpc) is 2.35. The first-order chi connectivity index (χ1) is 8.90. The smallest absolute Gasteiger partial charge is 0.339 e. The number of aryl methyl sites for hydroxylation is 2. The number of benzene rings is 1. The Kier molecular flexibility index (Phi) is 3.44. The van der Waals surface area contributed by atoms with E-state index >= 15 is 0 Å². The molecule has 5 nitrogen and oxygen atoms in total. The molecule has 0 radical (unpaired) electrons. The average molecular weight is 280 g/mol. The summed E-state index contributed by atoms with van der Waals surface area (Å²) in [6, 6.07) is 7.25. The monoisotopic (exact) mass is 280 g/mol. The third kappa shape index (κ3) is 2.85. The predicted molar refractivity (Wildman–Crippen MR) is 68.7 cm³/mol. The summed E-state index contributed by atoms with van der Waals surface area (Å²) in [6.07, 6.45) is 1.18. The van der Waals surface area contributed by atoms with E-state index in [2.05, 4.69) is 0 Å². The second-order valence-corrected chi connectivity index (χ2v) is 5.57. The van der Waals surface area contributed by atoms with Crippen LogP contribution in [0.2, 0.25) is 0 Å². The van der Waals surface area contributed by atoms with E-state index in [0.717, 1.165) is 11.6 Å². The summed E-state index contributed by atoms with van der Waals surface area (Å²) in [7, 11) is -4.04. The van der Waals surface area contributed by atoms with E-state index in [-0.39, 0.29) is 16.4 Å². The van der Waals surface area contributed by atoms with Gasteiger partial charge in [0.15, 0.2) is 0 Å². The highest BCUT2D eigenvalue weighted by atomic mass is 32.2. The summed E-state index contributed by atoms with van der Waals surface area (Å²) in [4.78, 5) is 11.5. The largest absolute Gasteiger partial charge is 0.465 e. The van der Waals surface area contributed by atoms with Crippen LogP contribution < -0.4 is 9.61 Å². The zero-order valence-electron chi connectivity index (χ0n) is 10.4. The molecule has 0 saturated heterocycles. The van der Waals surface area contributed by atoms with Crippen molar-refractivity contribution in [2.24, 2.45) is 0 Å². The maximum absolute atomic E-state index is 12.0. The fourth-order valence-electron chi connectivity index (χ4n) is 1.46. The van der Waals surface area contributed by atoms with Crippen molar-refractivity contribution in [3.05, 3.63) is 58.1 Å². The third-order valence-electron chi connectivity index (χ3n) is 2.51. The normalized spacial score (nSPS) is 11.3. The molecule has 0 N–H and O–H groups in total. The Hall–Kier alpha value is -2.08. The van der Waals surface area contributed by atoms with Crippen LogP contribution in [0.4, 0.5) is 0 Å². The second kappa shape index (κ2) is 4.89. The van der Waals surface area contributed by atoms with Crippen LogP contribution in [0.3, 0.4) is 0 Å². The minimum atomic E-state index is -4.04. The van der Waals surface area contributed by atoms with E-state index in [0.29, 0.717) is 0 Å². The van der Waals surface area contributed by atoms with E-state index in [1.807, 2.05) is 6.92 Å². The van der Waals surface area contributed by atoms with Gasteiger partial charge in [0.1, 0.15) is 10.7 Å². The van der Waals surface area contributed by atoms with Crippen LogP contribution in [-0.2, 0) is 10.1 Å². The Balaban J connectivity index is 2.42. The first-order valence-corrected chi connectivity index (χ1v) is 6.90. The molecule has 1 heterocycles. The molecule has 2 aromatic rings. The van der Waals surface area contributed by atoms with Gasteiger partial charge in [-0.15, -0.1) is 0 Å². The molecule has 0 aliphatic heterocycles. The van der Waals surface area contributed by atoms with Gasteiger partial charge in [0, 0.05) is 6.07 Å². The maximum Gasteiger partial charge on any atom is 0.339 e. The molecule has 6 heteroatoms.